The second kappa shape index (κ2) is 14.2. The predicted octanol–water partition coefficient (Wildman–Crippen LogP) is -6.10. The fraction of sp³-hybridized carbons (Fsp3) is 0.0769. The Bertz CT molecular complexity index is 1140. The van der Waals surface area contributed by atoms with Gasteiger partial charge in [-0.15, -0.1) is 0 Å². The molecule has 2 aromatic heterocycles. The first kappa shape index (κ1) is 29.6. The average molecular weight is 612 g/mol. The molecule has 0 fully saturated rings. The van der Waals surface area contributed by atoms with Crippen molar-refractivity contribution in [1.82, 2.24) is 0 Å². The van der Waals surface area contributed by atoms with E-state index in [2.05, 4.69) is 45.6 Å². The molecule has 0 aliphatic rings. The SMILES string of the molecule is OB(O)c1ccc(C[n+]2ccc(/C=C/c3cc[n+](Cc4ccc(B(O)O)cc4)cc3)cc2)cc1.[Br-].[Br-]. The van der Waals surface area contributed by atoms with E-state index < -0.39 is 14.2 Å². The molecular formula is C26H26B2Br2N2O4. The van der Waals surface area contributed by atoms with E-state index in [1.807, 2.05) is 49.1 Å². The third-order valence-electron chi connectivity index (χ3n) is 5.59. The highest BCUT2D eigenvalue weighted by atomic mass is 79.9. The number of nitrogens with zero attached hydrogens (tertiary/aromatic N) is 2. The Labute approximate surface area is 232 Å². The van der Waals surface area contributed by atoms with Crippen LogP contribution in [0.1, 0.15) is 22.3 Å². The van der Waals surface area contributed by atoms with Crippen molar-refractivity contribution in [3.63, 3.8) is 0 Å². The van der Waals surface area contributed by atoms with Crippen LogP contribution in [-0.4, -0.2) is 34.3 Å². The molecule has 4 aromatic rings. The maximum absolute atomic E-state index is 9.19. The van der Waals surface area contributed by atoms with Gasteiger partial charge in [-0.2, -0.15) is 0 Å². The van der Waals surface area contributed by atoms with Crippen molar-refractivity contribution in [3.05, 3.63) is 120 Å². The van der Waals surface area contributed by atoms with Gasteiger partial charge in [0.15, 0.2) is 37.9 Å². The van der Waals surface area contributed by atoms with Crippen molar-refractivity contribution < 1.29 is 63.2 Å². The van der Waals surface area contributed by atoms with Gasteiger partial charge in [0.25, 0.3) is 0 Å². The second-order valence-electron chi connectivity index (χ2n) is 8.17. The van der Waals surface area contributed by atoms with Crippen molar-refractivity contribution in [2.45, 2.75) is 13.1 Å². The number of hydrogen-bond donors (Lipinski definition) is 4. The van der Waals surface area contributed by atoms with Gasteiger partial charge in [-0.3, -0.25) is 0 Å². The number of benzene rings is 2. The van der Waals surface area contributed by atoms with Crippen LogP contribution in [0.25, 0.3) is 12.2 Å². The largest absolute Gasteiger partial charge is 1.00 e. The smallest absolute Gasteiger partial charge is 0.488 e. The Morgan fingerprint density at radius 2 is 0.806 bits per heavy atom. The highest BCUT2D eigenvalue weighted by Crippen LogP contribution is 2.06. The lowest BCUT2D eigenvalue weighted by Crippen LogP contribution is -3.00. The van der Waals surface area contributed by atoms with E-state index in [4.69, 9.17) is 0 Å². The number of rotatable bonds is 8. The van der Waals surface area contributed by atoms with Crippen molar-refractivity contribution >= 4 is 37.3 Å². The zero-order valence-corrected chi connectivity index (χ0v) is 22.6. The summed E-state index contributed by atoms with van der Waals surface area (Å²) in [6.07, 6.45) is 12.2. The first-order valence-electron chi connectivity index (χ1n) is 11.0. The topological polar surface area (TPSA) is 88.7 Å². The molecule has 6 nitrogen and oxygen atoms in total. The summed E-state index contributed by atoms with van der Waals surface area (Å²) >= 11 is 0. The number of halogens is 2. The molecule has 0 unspecified atom stereocenters. The lowest BCUT2D eigenvalue weighted by molar-refractivity contribution is -0.688. The fourth-order valence-electron chi connectivity index (χ4n) is 3.58. The van der Waals surface area contributed by atoms with Crippen LogP contribution in [0.15, 0.2) is 97.6 Å². The van der Waals surface area contributed by atoms with Crippen LogP contribution < -0.4 is 54.0 Å². The number of aromatic nitrogens is 2. The summed E-state index contributed by atoms with van der Waals surface area (Å²) in [6, 6.07) is 22.7. The van der Waals surface area contributed by atoms with Crippen LogP contribution in [-0.2, 0) is 13.1 Å². The van der Waals surface area contributed by atoms with Gasteiger partial charge in [-0.1, -0.05) is 60.7 Å². The van der Waals surface area contributed by atoms with E-state index in [1.54, 1.807) is 24.3 Å². The maximum Gasteiger partial charge on any atom is 0.488 e. The van der Waals surface area contributed by atoms with Gasteiger partial charge in [0.1, 0.15) is 0 Å². The van der Waals surface area contributed by atoms with Gasteiger partial charge in [-0.05, 0) is 22.1 Å². The van der Waals surface area contributed by atoms with E-state index in [-0.39, 0.29) is 34.0 Å². The summed E-state index contributed by atoms with van der Waals surface area (Å²) in [7, 11) is -2.88. The molecule has 0 bridgehead atoms. The van der Waals surface area contributed by atoms with Crippen LogP contribution >= 0.6 is 0 Å². The zero-order valence-electron chi connectivity index (χ0n) is 19.4. The summed E-state index contributed by atoms with van der Waals surface area (Å²) in [5.74, 6) is 0. The quantitative estimate of drug-likeness (QED) is 0.118. The summed E-state index contributed by atoms with van der Waals surface area (Å²) in [6.45, 7) is 1.40. The number of pyridine rings is 2. The molecule has 4 rings (SSSR count). The summed E-state index contributed by atoms with van der Waals surface area (Å²) in [5, 5.41) is 36.8. The molecule has 4 N–H and O–H groups in total. The van der Waals surface area contributed by atoms with Crippen molar-refractivity contribution in [3.8, 4) is 0 Å². The van der Waals surface area contributed by atoms with Crippen LogP contribution in [0, 0.1) is 0 Å². The van der Waals surface area contributed by atoms with E-state index in [9.17, 15) is 20.1 Å². The molecule has 0 spiro atoms. The zero-order chi connectivity index (χ0) is 23.9. The molecule has 0 saturated carbocycles. The maximum atomic E-state index is 9.19. The average Bonchev–Trinajstić information content (AvgIpc) is 2.85. The fourth-order valence-corrected chi connectivity index (χ4v) is 3.58. The molecule has 0 aliphatic heterocycles. The van der Waals surface area contributed by atoms with Crippen molar-refractivity contribution in [2.24, 2.45) is 0 Å². The molecule has 0 amide bonds. The summed E-state index contributed by atoms with van der Waals surface area (Å²) in [4.78, 5) is 0. The Kier molecular flexibility index (Phi) is 11.7. The van der Waals surface area contributed by atoms with Crippen LogP contribution in [0.2, 0.25) is 0 Å². The van der Waals surface area contributed by atoms with E-state index in [0.29, 0.717) is 24.0 Å². The van der Waals surface area contributed by atoms with Crippen LogP contribution in [0.3, 0.4) is 0 Å². The van der Waals surface area contributed by atoms with Crippen LogP contribution in [0.4, 0.5) is 0 Å². The minimum atomic E-state index is -1.44. The first-order valence-corrected chi connectivity index (χ1v) is 11.0. The Hall–Kier alpha value is -2.59. The summed E-state index contributed by atoms with van der Waals surface area (Å²) in [5.41, 5.74) is 5.32. The second-order valence-corrected chi connectivity index (χ2v) is 8.17. The molecule has 0 radical (unpaired) electrons. The summed E-state index contributed by atoms with van der Waals surface area (Å²) < 4.78 is 4.14. The standard InChI is InChI=1S/C26H26B2N2O4.2BrH/c31-27(32)25-7-3-23(4-8-25)19-29-15-11-21(12-16-29)1-2-22-13-17-30(18-14-22)20-24-5-9-26(10-6-24)28(33)34;;/h1-18,31-34H,19-20H2;2*1H/q+2;;/p-2/b2-1+;;. The third kappa shape index (κ3) is 8.51. The predicted molar refractivity (Wildman–Crippen MR) is 133 cm³/mol. The molecule has 2 heterocycles. The van der Waals surface area contributed by atoms with Gasteiger partial charge in [0, 0.05) is 35.4 Å². The lowest BCUT2D eigenvalue weighted by Gasteiger charge is -2.02. The number of hydrogen-bond acceptors (Lipinski definition) is 4. The van der Waals surface area contributed by atoms with Gasteiger partial charge < -0.3 is 54.1 Å². The van der Waals surface area contributed by atoms with E-state index in [1.165, 1.54) is 0 Å². The third-order valence-corrected chi connectivity index (χ3v) is 5.59. The van der Waals surface area contributed by atoms with Gasteiger partial charge in [0.2, 0.25) is 0 Å². The molecule has 184 valence electrons. The normalized spacial score (nSPS) is 10.4. The monoisotopic (exact) mass is 610 g/mol. The minimum Gasteiger partial charge on any atom is -1.00 e. The Morgan fingerprint density at radius 1 is 0.500 bits per heavy atom. The molecule has 0 saturated heterocycles. The van der Waals surface area contributed by atoms with Gasteiger partial charge in [-0.25, -0.2) is 9.13 Å². The van der Waals surface area contributed by atoms with E-state index in [0.717, 1.165) is 22.3 Å². The van der Waals surface area contributed by atoms with Gasteiger partial charge >= 0.3 is 14.2 Å². The Balaban J connectivity index is 0.00000228. The highest BCUT2D eigenvalue weighted by Gasteiger charge is 2.12. The van der Waals surface area contributed by atoms with Crippen molar-refractivity contribution in [2.75, 3.05) is 0 Å². The molecule has 36 heavy (non-hydrogen) atoms. The lowest BCUT2D eigenvalue weighted by atomic mass is 9.80. The first-order chi connectivity index (χ1) is 16.5. The minimum absolute atomic E-state index is 0. The molecule has 0 aliphatic carbocycles. The van der Waals surface area contributed by atoms with E-state index >= 15 is 0 Å². The van der Waals surface area contributed by atoms with Crippen LogP contribution in [0.5, 0.6) is 0 Å². The molecule has 10 heteroatoms. The van der Waals surface area contributed by atoms with Crippen molar-refractivity contribution in [1.29, 1.82) is 0 Å². The molecule has 0 atom stereocenters. The molecular weight excluding hydrogens is 586 g/mol. The Morgan fingerprint density at radius 3 is 1.08 bits per heavy atom. The molecule has 2 aromatic carbocycles. The van der Waals surface area contributed by atoms with Gasteiger partial charge in [0.05, 0.1) is 0 Å². The highest BCUT2D eigenvalue weighted by molar-refractivity contribution is 6.58.